The van der Waals surface area contributed by atoms with Crippen LogP contribution in [0.3, 0.4) is 0 Å². The summed E-state index contributed by atoms with van der Waals surface area (Å²) < 4.78 is 7.43. The molecule has 33 heavy (non-hydrogen) atoms. The molecule has 2 aromatic carbocycles. The Morgan fingerprint density at radius 3 is 2.42 bits per heavy atom. The molecule has 2 amide bonds. The van der Waals surface area contributed by atoms with Gasteiger partial charge in [0.15, 0.2) is 0 Å². The fourth-order valence-electron chi connectivity index (χ4n) is 4.18. The normalized spacial score (nSPS) is 13.7. The van der Waals surface area contributed by atoms with E-state index in [0.717, 1.165) is 55.4 Å². The summed E-state index contributed by atoms with van der Waals surface area (Å²) in [6.45, 7) is 9.18. The molecule has 1 aliphatic heterocycles. The van der Waals surface area contributed by atoms with E-state index in [4.69, 9.17) is 4.74 Å². The molecule has 3 aromatic rings. The number of anilines is 1. The number of rotatable bonds is 7. The fourth-order valence-corrected chi connectivity index (χ4v) is 4.18. The molecule has 2 heterocycles. The lowest BCUT2D eigenvalue weighted by molar-refractivity contribution is 0.122. The highest BCUT2D eigenvalue weighted by Gasteiger charge is 2.15. The number of amides is 2. The van der Waals surface area contributed by atoms with Gasteiger partial charge in [-0.15, -0.1) is 0 Å². The Morgan fingerprint density at radius 1 is 1.03 bits per heavy atom. The van der Waals surface area contributed by atoms with E-state index in [1.165, 1.54) is 11.3 Å². The summed E-state index contributed by atoms with van der Waals surface area (Å²) in [4.78, 5) is 16.8. The molecule has 1 aliphatic rings. The molecule has 1 N–H and O–H groups in total. The first-order valence-electron chi connectivity index (χ1n) is 11.5. The quantitative estimate of drug-likeness (QED) is 0.600. The maximum atomic E-state index is 12.7. The van der Waals surface area contributed by atoms with Crippen molar-refractivity contribution in [2.75, 3.05) is 38.3 Å². The lowest BCUT2D eigenvalue weighted by atomic mass is 10.1. The molecule has 0 atom stereocenters. The van der Waals surface area contributed by atoms with Crippen LogP contribution in [-0.4, -0.2) is 54.1 Å². The molecule has 7 nitrogen and oxygen atoms in total. The van der Waals surface area contributed by atoms with Crippen LogP contribution >= 0.6 is 0 Å². The van der Waals surface area contributed by atoms with E-state index in [-0.39, 0.29) is 6.03 Å². The molecule has 0 radical (unpaired) electrons. The molecule has 0 saturated carbocycles. The van der Waals surface area contributed by atoms with Gasteiger partial charge in [0, 0.05) is 50.2 Å². The summed E-state index contributed by atoms with van der Waals surface area (Å²) in [7, 11) is 1.82. The average molecular weight is 448 g/mol. The molecule has 1 fully saturated rings. The van der Waals surface area contributed by atoms with E-state index in [0.29, 0.717) is 13.1 Å². The molecule has 4 rings (SSSR count). The third-order valence-electron chi connectivity index (χ3n) is 6.20. The first kappa shape index (κ1) is 22.9. The van der Waals surface area contributed by atoms with Crippen LogP contribution in [-0.2, 0) is 24.4 Å². The summed E-state index contributed by atoms with van der Waals surface area (Å²) in [5.74, 6) is 0. The van der Waals surface area contributed by atoms with Gasteiger partial charge in [-0.1, -0.05) is 42.5 Å². The number of carbonyl (C=O) groups is 1. The topological polar surface area (TPSA) is 62.6 Å². The molecule has 0 unspecified atom stereocenters. The Kier molecular flexibility index (Phi) is 7.29. The van der Waals surface area contributed by atoms with Gasteiger partial charge in [0.2, 0.25) is 0 Å². The maximum absolute atomic E-state index is 12.7. The van der Waals surface area contributed by atoms with Gasteiger partial charge in [-0.05, 0) is 37.1 Å². The predicted octanol–water partition coefficient (Wildman–Crippen LogP) is 3.73. The molecule has 1 aromatic heterocycles. The Labute approximate surface area is 196 Å². The second kappa shape index (κ2) is 10.5. The van der Waals surface area contributed by atoms with Crippen molar-refractivity contribution in [1.82, 2.24) is 20.0 Å². The highest BCUT2D eigenvalue weighted by molar-refractivity contribution is 5.74. The van der Waals surface area contributed by atoms with Crippen molar-refractivity contribution >= 4 is 11.7 Å². The van der Waals surface area contributed by atoms with Crippen LogP contribution in [0.25, 0.3) is 0 Å². The maximum Gasteiger partial charge on any atom is 0.317 e. The zero-order valence-electron chi connectivity index (χ0n) is 19.8. The zero-order valence-corrected chi connectivity index (χ0v) is 19.8. The number of urea groups is 1. The van der Waals surface area contributed by atoms with Crippen LogP contribution in [0, 0.1) is 13.8 Å². The standard InChI is InChI=1S/C26H33N5O2/c1-20-25(21(2)31(28-20)19-22-7-5-4-6-8-22)17-27-26(32)29(3)18-23-9-11-24(12-10-23)30-13-15-33-16-14-30/h4-12H,13-19H2,1-3H3,(H,27,32). The average Bonchev–Trinajstić information content (AvgIpc) is 3.11. The summed E-state index contributed by atoms with van der Waals surface area (Å²) >= 11 is 0. The van der Waals surface area contributed by atoms with Gasteiger partial charge < -0.3 is 19.9 Å². The largest absolute Gasteiger partial charge is 0.378 e. The van der Waals surface area contributed by atoms with Crippen LogP contribution < -0.4 is 10.2 Å². The van der Waals surface area contributed by atoms with Crippen molar-refractivity contribution in [2.45, 2.75) is 33.5 Å². The molecule has 0 spiro atoms. The van der Waals surface area contributed by atoms with Gasteiger partial charge >= 0.3 is 6.03 Å². The number of ether oxygens (including phenoxy) is 1. The van der Waals surface area contributed by atoms with E-state index >= 15 is 0 Å². The molecule has 0 bridgehead atoms. The highest BCUT2D eigenvalue weighted by Crippen LogP contribution is 2.18. The number of nitrogens with zero attached hydrogens (tertiary/aromatic N) is 4. The lowest BCUT2D eigenvalue weighted by Crippen LogP contribution is -2.37. The van der Waals surface area contributed by atoms with Crippen molar-refractivity contribution < 1.29 is 9.53 Å². The van der Waals surface area contributed by atoms with Crippen molar-refractivity contribution in [2.24, 2.45) is 0 Å². The first-order chi connectivity index (χ1) is 16.0. The number of hydrogen-bond donors (Lipinski definition) is 1. The summed E-state index contributed by atoms with van der Waals surface area (Å²) in [5.41, 5.74) is 6.61. The monoisotopic (exact) mass is 447 g/mol. The number of hydrogen-bond acceptors (Lipinski definition) is 4. The van der Waals surface area contributed by atoms with Gasteiger partial charge in [-0.25, -0.2) is 4.79 Å². The number of benzene rings is 2. The summed E-state index contributed by atoms with van der Waals surface area (Å²) in [6.07, 6.45) is 0. The zero-order chi connectivity index (χ0) is 23.2. The lowest BCUT2D eigenvalue weighted by Gasteiger charge is -2.29. The Morgan fingerprint density at radius 2 is 1.73 bits per heavy atom. The van der Waals surface area contributed by atoms with Crippen molar-refractivity contribution in [1.29, 1.82) is 0 Å². The SMILES string of the molecule is Cc1nn(Cc2ccccc2)c(C)c1CNC(=O)N(C)Cc1ccc(N2CCOCC2)cc1. The summed E-state index contributed by atoms with van der Waals surface area (Å²) in [6, 6.07) is 18.6. The second-order valence-corrected chi connectivity index (χ2v) is 8.57. The van der Waals surface area contributed by atoms with E-state index in [9.17, 15) is 4.79 Å². The van der Waals surface area contributed by atoms with Crippen molar-refractivity contribution in [3.63, 3.8) is 0 Å². The Balaban J connectivity index is 1.31. The molecule has 174 valence electrons. The van der Waals surface area contributed by atoms with Gasteiger partial charge in [0.1, 0.15) is 0 Å². The minimum absolute atomic E-state index is 0.0955. The fraction of sp³-hybridized carbons (Fsp3) is 0.385. The molecular weight excluding hydrogens is 414 g/mol. The number of aromatic nitrogens is 2. The van der Waals surface area contributed by atoms with Crippen LogP contribution in [0.1, 0.15) is 28.1 Å². The number of morpholine rings is 1. The summed E-state index contributed by atoms with van der Waals surface area (Å²) in [5, 5.41) is 7.74. The van der Waals surface area contributed by atoms with Crippen LogP contribution in [0.4, 0.5) is 10.5 Å². The molecule has 0 aliphatic carbocycles. The van der Waals surface area contributed by atoms with Crippen LogP contribution in [0.5, 0.6) is 0 Å². The minimum atomic E-state index is -0.0955. The van der Waals surface area contributed by atoms with Crippen LogP contribution in [0.15, 0.2) is 54.6 Å². The van der Waals surface area contributed by atoms with Crippen molar-refractivity contribution in [3.8, 4) is 0 Å². The third-order valence-corrected chi connectivity index (χ3v) is 6.20. The second-order valence-electron chi connectivity index (χ2n) is 8.57. The predicted molar refractivity (Wildman–Crippen MR) is 130 cm³/mol. The Hall–Kier alpha value is -3.32. The number of aryl methyl sites for hydroxylation is 1. The minimum Gasteiger partial charge on any atom is -0.378 e. The third kappa shape index (κ3) is 5.73. The van der Waals surface area contributed by atoms with E-state index in [1.54, 1.807) is 4.90 Å². The smallest absolute Gasteiger partial charge is 0.317 e. The molecule has 1 saturated heterocycles. The Bertz CT molecular complexity index is 1060. The van der Waals surface area contributed by atoms with Gasteiger partial charge in [-0.2, -0.15) is 5.10 Å². The van der Waals surface area contributed by atoms with E-state index < -0.39 is 0 Å². The van der Waals surface area contributed by atoms with Gasteiger partial charge in [-0.3, -0.25) is 4.68 Å². The van der Waals surface area contributed by atoms with E-state index in [1.807, 2.05) is 36.9 Å². The van der Waals surface area contributed by atoms with Gasteiger partial charge in [0.25, 0.3) is 0 Å². The first-order valence-corrected chi connectivity index (χ1v) is 11.5. The van der Waals surface area contributed by atoms with Crippen molar-refractivity contribution in [3.05, 3.63) is 82.7 Å². The number of carbonyl (C=O) groups excluding carboxylic acids is 1. The molecular formula is C26H33N5O2. The molecule has 7 heteroatoms. The van der Waals surface area contributed by atoms with Crippen LogP contribution in [0.2, 0.25) is 0 Å². The van der Waals surface area contributed by atoms with Gasteiger partial charge in [0.05, 0.1) is 25.5 Å². The highest BCUT2D eigenvalue weighted by atomic mass is 16.5. The number of nitrogens with one attached hydrogen (secondary N) is 1. The van der Waals surface area contributed by atoms with E-state index in [2.05, 4.69) is 58.6 Å².